The zero-order chi connectivity index (χ0) is 30.7. The molecule has 0 aromatic carbocycles. The van der Waals surface area contributed by atoms with Crippen molar-refractivity contribution in [2.24, 2.45) is 11.7 Å². The molecule has 3 N–H and O–H groups in total. The summed E-state index contributed by atoms with van der Waals surface area (Å²) >= 11 is 6.70. The number of hydrogen-bond acceptors (Lipinski definition) is 8. The second kappa shape index (κ2) is 10.7. The van der Waals surface area contributed by atoms with Crippen LogP contribution in [0.3, 0.4) is 0 Å². The van der Waals surface area contributed by atoms with Crippen LogP contribution in [-0.2, 0) is 10.2 Å². The van der Waals surface area contributed by atoms with Crippen LogP contribution in [0.4, 0.5) is 0 Å². The molecule has 4 aromatic rings. The highest BCUT2D eigenvalue weighted by molar-refractivity contribution is 6.34. The number of nitrogens with two attached hydrogens (primary N) is 1. The number of ether oxygens (including phenoxy) is 3. The van der Waals surface area contributed by atoms with Gasteiger partial charge in [0.25, 0.3) is 5.91 Å². The molecule has 0 bridgehead atoms. The Hall–Kier alpha value is -4.38. The van der Waals surface area contributed by atoms with E-state index in [-0.39, 0.29) is 29.3 Å². The number of rotatable bonds is 10. The highest BCUT2D eigenvalue weighted by Crippen LogP contribution is 2.49. The number of carbonyl (C=O) groups is 2. The fourth-order valence-electron chi connectivity index (χ4n) is 5.99. The van der Waals surface area contributed by atoms with Crippen LogP contribution in [0.2, 0.25) is 5.02 Å². The van der Waals surface area contributed by atoms with E-state index in [4.69, 9.17) is 36.5 Å². The number of carbonyl (C=O) groups excluding carboxylic acids is 2. The summed E-state index contributed by atoms with van der Waals surface area (Å²) in [5.41, 5.74) is 9.57. The first kappa shape index (κ1) is 28.4. The molecule has 1 aliphatic heterocycles. The lowest BCUT2D eigenvalue weighted by molar-refractivity contribution is -0.123. The van der Waals surface area contributed by atoms with Crippen LogP contribution >= 0.6 is 11.6 Å². The molecule has 4 aromatic heterocycles. The van der Waals surface area contributed by atoms with Gasteiger partial charge in [-0.15, -0.1) is 0 Å². The van der Waals surface area contributed by atoms with Crippen LogP contribution in [-0.4, -0.2) is 58.8 Å². The van der Waals surface area contributed by atoms with Crippen LogP contribution < -0.4 is 25.3 Å². The average Bonchev–Trinajstić information content (AvgIpc) is 3.96. The summed E-state index contributed by atoms with van der Waals surface area (Å²) in [4.78, 5) is 35.5. The van der Waals surface area contributed by atoms with Gasteiger partial charge in [-0.3, -0.25) is 9.59 Å². The van der Waals surface area contributed by atoms with E-state index >= 15 is 0 Å². The minimum atomic E-state index is -1.06. The Bertz CT molecular complexity index is 1820. The Morgan fingerprint density at radius 1 is 1.18 bits per heavy atom. The summed E-state index contributed by atoms with van der Waals surface area (Å²) in [7, 11) is 3.06. The molecule has 0 radical (unpaired) electrons. The van der Waals surface area contributed by atoms with Crippen molar-refractivity contribution in [1.82, 2.24) is 24.9 Å². The molecule has 2 atom stereocenters. The molecule has 0 saturated heterocycles. The van der Waals surface area contributed by atoms with E-state index in [9.17, 15) is 9.59 Å². The number of nitrogens with zero attached hydrogens (tertiary/aromatic N) is 4. The first-order valence-corrected chi connectivity index (χ1v) is 15.1. The van der Waals surface area contributed by atoms with E-state index in [2.05, 4.69) is 15.4 Å². The number of fused-ring (bicyclic) bond motifs is 2. The lowest BCUT2D eigenvalue weighted by Gasteiger charge is -2.22. The van der Waals surface area contributed by atoms with Gasteiger partial charge in [0, 0.05) is 53.0 Å². The summed E-state index contributed by atoms with van der Waals surface area (Å²) in [6, 6.07) is 9.21. The number of halogens is 1. The lowest BCUT2D eigenvalue weighted by atomic mass is 9.82. The fraction of sp³-hybridized carbons (Fsp3) is 0.406. The second-order valence-electron chi connectivity index (χ2n) is 12.1. The van der Waals surface area contributed by atoms with Crippen molar-refractivity contribution in [1.29, 1.82) is 0 Å². The molecule has 0 unspecified atom stereocenters. The molecule has 11 nitrogen and oxygen atoms in total. The molecule has 5 heterocycles. The normalized spacial score (nSPS) is 19.7. The third-order valence-corrected chi connectivity index (χ3v) is 9.37. The van der Waals surface area contributed by atoms with Gasteiger partial charge in [-0.2, -0.15) is 5.10 Å². The van der Waals surface area contributed by atoms with Crippen LogP contribution in [0, 0.1) is 5.92 Å². The van der Waals surface area contributed by atoms with Gasteiger partial charge in [0.2, 0.25) is 17.7 Å². The maximum atomic E-state index is 13.5. The van der Waals surface area contributed by atoms with Crippen molar-refractivity contribution in [3.63, 3.8) is 0 Å². The number of aromatic nitrogens is 4. The van der Waals surface area contributed by atoms with Gasteiger partial charge in [0.1, 0.15) is 28.5 Å². The van der Waals surface area contributed by atoms with E-state index in [1.54, 1.807) is 36.9 Å². The van der Waals surface area contributed by atoms with Crippen molar-refractivity contribution in [3.8, 4) is 28.8 Å². The smallest absolute Gasteiger partial charge is 0.251 e. The van der Waals surface area contributed by atoms with E-state index in [0.717, 1.165) is 42.6 Å². The Balaban J connectivity index is 1.24. The zero-order valence-electron chi connectivity index (χ0n) is 24.7. The summed E-state index contributed by atoms with van der Waals surface area (Å²) in [6.45, 7) is 2.20. The molecule has 44 heavy (non-hydrogen) atoms. The third kappa shape index (κ3) is 4.79. The number of primary amides is 1. The predicted molar refractivity (Wildman–Crippen MR) is 163 cm³/mol. The highest BCUT2D eigenvalue weighted by atomic mass is 35.5. The summed E-state index contributed by atoms with van der Waals surface area (Å²) in [5, 5.41) is 8.10. The first-order chi connectivity index (χ1) is 21.2. The van der Waals surface area contributed by atoms with Crippen molar-refractivity contribution in [3.05, 3.63) is 64.1 Å². The van der Waals surface area contributed by atoms with Crippen LogP contribution in [0.5, 0.6) is 17.5 Å². The number of hydrogen-bond donors (Lipinski definition) is 2. The minimum Gasteiger partial charge on any atom is -0.489 e. The molecule has 2 amide bonds. The Morgan fingerprint density at radius 2 is 1.98 bits per heavy atom. The third-order valence-electron chi connectivity index (χ3n) is 9.01. The molecule has 2 fully saturated rings. The summed E-state index contributed by atoms with van der Waals surface area (Å²) in [6.07, 6.45) is 5.85. The maximum Gasteiger partial charge on any atom is 0.251 e. The highest BCUT2D eigenvalue weighted by Gasteiger charge is 2.45. The Kier molecular flexibility index (Phi) is 6.88. The van der Waals surface area contributed by atoms with Gasteiger partial charge in [-0.25, -0.2) is 14.5 Å². The number of amides is 2. The topological polar surface area (TPSA) is 143 Å². The molecule has 3 aliphatic rings. The number of methoxy groups -OCH3 is 2. The van der Waals surface area contributed by atoms with E-state index < -0.39 is 11.3 Å². The van der Waals surface area contributed by atoms with E-state index in [1.165, 1.54) is 7.11 Å². The molecule has 2 aliphatic carbocycles. The van der Waals surface area contributed by atoms with Crippen molar-refractivity contribution in [2.45, 2.75) is 49.9 Å². The van der Waals surface area contributed by atoms with Gasteiger partial charge < -0.3 is 25.3 Å². The molecular weight excluding hydrogens is 584 g/mol. The molecule has 2 saturated carbocycles. The quantitative estimate of drug-likeness (QED) is 0.267. The minimum absolute atomic E-state index is 0.0852. The molecule has 228 valence electrons. The van der Waals surface area contributed by atoms with Gasteiger partial charge in [0.05, 0.1) is 25.4 Å². The van der Waals surface area contributed by atoms with Gasteiger partial charge in [-0.05, 0) is 62.8 Å². The van der Waals surface area contributed by atoms with Crippen LogP contribution in [0.25, 0.3) is 16.8 Å². The molecule has 12 heteroatoms. The van der Waals surface area contributed by atoms with Crippen LogP contribution in [0.1, 0.15) is 71.8 Å². The molecule has 7 rings (SSSR count). The van der Waals surface area contributed by atoms with Gasteiger partial charge in [0.15, 0.2) is 0 Å². The van der Waals surface area contributed by atoms with Gasteiger partial charge >= 0.3 is 0 Å². The Labute approximate surface area is 259 Å². The maximum absolute atomic E-state index is 13.5. The SMILES string of the molecule is COc1nccc(-c2nc([C@@H](CNC(=O)c3cc(OC)n4nc(C5CC5)cc4c3)C3CC3)cc3c2OC[C@]3(C)C(N)=O)c1Cl. The lowest BCUT2D eigenvalue weighted by Crippen LogP contribution is -2.40. The largest absolute Gasteiger partial charge is 0.489 e. The number of nitrogens with one attached hydrogen (secondary N) is 1. The summed E-state index contributed by atoms with van der Waals surface area (Å²) in [5.74, 6) is 1.15. The van der Waals surface area contributed by atoms with E-state index in [0.29, 0.717) is 52.4 Å². The second-order valence-corrected chi connectivity index (χ2v) is 12.4. The average molecular weight is 617 g/mol. The number of pyridine rings is 3. The predicted octanol–water partition coefficient (Wildman–Crippen LogP) is 4.40. The van der Waals surface area contributed by atoms with Crippen molar-refractivity contribution in [2.75, 3.05) is 27.4 Å². The molecular formula is C32H33ClN6O5. The van der Waals surface area contributed by atoms with Crippen LogP contribution in [0.15, 0.2) is 36.5 Å². The summed E-state index contributed by atoms with van der Waals surface area (Å²) < 4.78 is 18.7. The standard InChI is InChI=1S/C32H33ClN6O5/c1-32(31(34)41)15-44-28-22(32)13-24(37-27(28)20-8-9-35-30(43-3)26(20)33)21(16-4-5-16)14-36-29(40)18-10-19-12-23(17-6-7-17)38-39(19)25(11-18)42-2/h8-13,16-17,21H,4-7,14-15H2,1-3H3,(H2,34,41)(H,36,40)/t21-,32-/m0/s1. The van der Waals surface area contributed by atoms with Crippen molar-refractivity contribution < 1.29 is 23.8 Å². The molecule has 0 spiro atoms. The monoisotopic (exact) mass is 616 g/mol. The van der Waals surface area contributed by atoms with E-state index in [1.807, 2.05) is 18.2 Å². The Morgan fingerprint density at radius 3 is 2.66 bits per heavy atom. The van der Waals surface area contributed by atoms with Crippen molar-refractivity contribution >= 4 is 28.9 Å². The van der Waals surface area contributed by atoms with Gasteiger partial charge in [-0.1, -0.05) is 11.6 Å². The fourth-order valence-corrected chi connectivity index (χ4v) is 6.27. The zero-order valence-corrected chi connectivity index (χ0v) is 25.5. The first-order valence-electron chi connectivity index (χ1n) is 14.7.